The maximum absolute atomic E-state index is 11.3. The lowest BCUT2D eigenvalue weighted by atomic mass is 10.1. The van der Waals surface area contributed by atoms with E-state index in [4.69, 9.17) is 5.53 Å². The van der Waals surface area contributed by atoms with Gasteiger partial charge >= 0.3 is 0 Å². The van der Waals surface area contributed by atoms with Crippen LogP contribution in [0.5, 0.6) is 0 Å². The van der Waals surface area contributed by atoms with Gasteiger partial charge in [-0.25, -0.2) is 0 Å². The van der Waals surface area contributed by atoms with Crippen molar-refractivity contribution in [3.63, 3.8) is 0 Å². The topological polar surface area (TPSA) is 77.9 Å². The summed E-state index contributed by atoms with van der Waals surface area (Å²) >= 11 is 0. The minimum atomic E-state index is -0.282. The lowest BCUT2D eigenvalue weighted by Crippen LogP contribution is -2.14. The Kier molecular flexibility index (Phi) is 3.08. The van der Waals surface area contributed by atoms with Crippen molar-refractivity contribution >= 4 is 11.6 Å². The summed E-state index contributed by atoms with van der Waals surface area (Å²) in [6.07, 6.45) is 3.39. The van der Waals surface area contributed by atoms with E-state index in [1.165, 1.54) is 17.5 Å². The van der Waals surface area contributed by atoms with Crippen LogP contribution in [0.2, 0.25) is 0 Å². The van der Waals surface area contributed by atoms with Crippen molar-refractivity contribution in [2.24, 2.45) is 5.11 Å². The Balaban J connectivity index is 2.05. The van der Waals surface area contributed by atoms with E-state index in [9.17, 15) is 4.79 Å². The van der Waals surface area contributed by atoms with Crippen LogP contribution >= 0.6 is 0 Å². The first-order valence-corrected chi connectivity index (χ1v) is 5.22. The third-order valence-electron chi connectivity index (χ3n) is 2.66. The zero-order chi connectivity index (χ0) is 11.4. The Hall–Kier alpha value is -2.00. The highest BCUT2D eigenvalue weighted by atomic mass is 16.1. The number of carbonyl (C=O) groups is 1. The number of hydrogen-bond donors (Lipinski definition) is 1. The minimum Gasteiger partial charge on any atom is -0.326 e. The first-order valence-electron chi connectivity index (χ1n) is 5.22. The predicted octanol–water partition coefficient (Wildman–Crippen LogP) is 2.42. The molecule has 1 aromatic carbocycles. The summed E-state index contributed by atoms with van der Waals surface area (Å²) in [5, 5.41) is 5.91. The second-order valence-electron chi connectivity index (χ2n) is 3.77. The van der Waals surface area contributed by atoms with Gasteiger partial charge in [-0.05, 0) is 48.1 Å². The number of hydrogen-bond acceptors (Lipinski definition) is 2. The van der Waals surface area contributed by atoms with Crippen LogP contribution < -0.4 is 5.32 Å². The lowest BCUT2D eigenvalue weighted by molar-refractivity contribution is -0.114. The molecule has 0 heterocycles. The number of aryl methyl sites for hydroxylation is 2. The summed E-state index contributed by atoms with van der Waals surface area (Å²) in [6.45, 7) is -0.159. The molecule has 1 aliphatic carbocycles. The summed E-state index contributed by atoms with van der Waals surface area (Å²) in [5.41, 5.74) is 11.5. The average Bonchev–Trinajstić information content (AvgIpc) is 2.73. The van der Waals surface area contributed by atoms with E-state index >= 15 is 0 Å². The Morgan fingerprint density at radius 1 is 1.44 bits per heavy atom. The van der Waals surface area contributed by atoms with Crippen LogP contribution in [0.1, 0.15) is 17.5 Å². The SMILES string of the molecule is [N-]=[N+]=NCC(=O)Nc1ccc2c(c1)CCC2. The van der Waals surface area contributed by atoms with Gasteiger partial charge in [-0.2, -0.15) is 0 Å². The number of rotatable bonds is 3. The largest absolute Gasteiger partial charge is 0.326 e. The van der Waals surface area contributed by atoms with Crippen LogP contribution in [0.3, 0.4) is 0 Å². The highest BCUT2D eigenvalue weighted by molar-refractivity contribution is 5.92. The van der Waals surface area contributed by atoms with E-state index in [-0.39, 0.29) is 12.5 Å². The number of fused-ring (bicyclic) bond motifs is 1. The molecule has 0 bridgehead atoms. The molecule has 2 rings (SSSR count). The van der Waals surface area contributed by atoms with Crippen molar-refractivity contribution in [2.45, 2.75) is 19.3 Å². The van der Waals surface area contributed by atoms with E-state index in [1.54, 1.807) is 0 Å². The van der Waals surface area contributed by atoms with Gasteiger partial charge in [0.25, 0.3) is 0 Å². The van der Waals surface area contributed by atoms with Crippen LogP contribution in [0.25, 0.3) is 10.4 Å². The summed E-state index contributed by atoms with van der Waals surface area (Å²) in [7, 11) is 0. The zero-order valence-corrected chi connectivity index (χ0v) is 8.81. The molecule has 5 nitrogen and oxygen atoms in total. The van der Waals surface area contributed by atoms with Gasteiger partial charge in [0.1, 0.15) is 6.54 Å². The van der Waals surface area contributed by atoms with Gasteiger partial charge in [-0.1, -0.05) is 11.2 Å². The molecule has 0 radical (unpaired) electrons. The van der Waals surface area contributed by atoms with E-state index in [2.05, 4.69) is 15.3 Å². The first-order chi connectivity index (χ1) is 7.79. The Labute approximate surface area is 93.1 Å². The summed E-state index contributed by atoms with van der Waals surface area (Å²) < 4.78 is 0. The molecule has 0 aliphatic heterocycles. The fraction of sp³-hybridized carbons (Fsp3) is 0.364. The average molecular weight is 216 g/mol. The molecule has 82 valence electrons. The molecule has 0 spiro atoms. The van der Waals surface area contributed by atoms with Gasteiger partial charge in [0.2, 0.25) is 5.91 Å². The number of benzene rings is 1. The van der Waals surface area contributed by atoms with Crippen molar-refractivity contribution in [1.29, 1.82) is 0 Å². The number of anilines is 1. The van der Waals surface area contributed by atoms with E-state index < -0.39 is 0 Å². The molecule has 16 heavy (non-hydrogen) atoms. The van der Waals surface area contributed by atoms with Gasteiger partial charge in [0.15, 0.2) is 0 Å². The maximum Gasteiger partial charge on any atom is 0.230 e. The van der Waals surface area contributed by atoms with Gasteiger partial charge in [0.05, 0.1) is 0 Å². The maximum atomic E-state index is 11.3. The monoisotopic (exact) mass is 216 g/mol. The highest BCUT2D eigenvalue weighted by Crippen LogP contribution is 2.24. The standard InChI is InChI=1S/C11H12N4O/c12-15-13-7-11(16)14-10-5-4-8-2-1-3-9(8)6-10/h4-6H,1-3,7H2,(H,14,16). The first kappa shape index (κ1) is 10.5. The fourth-order valence-electron chi connectivity index (χ4n) is 1.95. The molecule has 0 atom stereocenters. The molecular formula is C11H12N4O. The van der Waals surface area contributed by atoms with Crippen molar-refractivity contribution in [1.82, 2.24) is 0 Å². The minimum absolute atomic E-state index is 0.159. The third-order valence-corrected chi connectivity index (χ3v) is 2.66. The van der Waals surface area contributed by atoms with Crippen molar-refractivity contribution in [3.05, 3.63) is 39.8 Å². The molecule has 0 unspecified atom stereocenters. The lowest BCUT2D eigenvalue weighted by Gasteiger charge is -2.05. The molecular weight excluding hydrogens is 204 g/mol. The van der Waals surface area contributed by atoms with Crippen molar-refractivity contribution in [2.75, 3.05) is 11.9 Å². The van der Waals surface area contributed by atoms with E-state index in [0.29, 0.717) is 0 Å². The number of nitrogens with zero attached hydrogens (tertiary/aromatic N) is 3. The van der Waals surface area contributed by atoms with Crippen LogP contribution in [-0.4, -0.2) is 12.5 Å². The molecule has 1 aromatic rings. The van der Waals surface area contributed by atoms with Gasteiger partial charge in [-0.15, -0.1) is 0 Å². The van der Waals surface area contributed by atoms with Crippen LogP contribution in [-0.2, 0) is 17.6 Å². The normalized spacial score (nSPS) is 12.8. The number of azide groups is 1. The van der Waals surface area contributed by atoms with Crippen LogP contribution in [0, 0.1) is 0 Å². The Morgan fingerprint density at radius 2 is 2.25 bits per heavy atom. The van der Waals surface area contributed by atoms with E-state index in [1.807, 2.05) is 18.2 Å². The predicted molar refractivity (Wildman–Crippen MR) is 61.1 cm³/mol. The van der Waals surface area contributed by atoms with Crippen molar-refractivity contribution < 1.29 is 4.79 Å². The number of amides is 1. The highest BCUT2D eigenvalue weighted by Gasteiger charge is 2.11. The fourth-order valence-corrected chi connectivity index (χ4v) is 1.95. The molecule has 0 saturated carbocycles. The number of carbonyl (C=O) groups excluding carboxylic acids is 1. The summed E-state index contributed by atoms with van der Waals surface area (Å²) in [5.74, 6) is -0.282. The van der Waals surface area contributed by atoms with Gasteiger partial charge in [0, 0.05) is 10.6 Å². The molecule has 1 aliphatic rings. The van der Waals surface area contributed by atoms with Crippen LogP contribution in [0.15, 0.2) is 23.3 Å². The number of nitrogens with one attached hydrogen (secondary N) is 1. The Morgan fingerprint density at radius 3 is 3.06 bits per heavy atom. The second kappa shape index (κ2) is 4.68. The molecule has 1 amide bonds. The summed E-state index contributed by atoms with van der Waals surface area (Å²) in [4.78, 5) is 13.8. The summed E-state index contributed by atoms with van der Waals surface area (Å²) in [6, 6.07) is 5.93. The molecule has 5 heteroatoms. The zero-order valence-electron chi connectivity index (χ0n) is 8.81. The van der Waals surface area contributed by atoms with Crippen LogP contribution in [0.4, 0.5) is 5.69 Å². The molecule has 0 fully saturated rings. The molecule has 1 N–H and O–H groups in total. The van der Waals surface area contributed by atoms with Gasteiger partial charge < -0.3 is 5.32 Å². The van der Waals surface area contributed by atoms with E-state index in [0.717, 1.165) is 18.5 Å². The second-order valence-corrected chi connectivity index (χ2v) is 3.77. The molecule has 0 saturated heterocycles. The smallest absolute Gasteiger partial charge is 0.230 e. The Bertz CT molecular complexity index is 463. The van der Waals surface area contributed by atoms with Gasteiger partial charge in [-0.3, -0.25) is 4.79 Å². The third kappa shape index (κ3) is 2.32. The van der Waals surface area contributed by atoms with Crippen molar-refractivity contribution in [3.8, 4) is 0 Å². The quantitative estimate of drug-likeness (QED) is 0.470. The molecule has 0 aromatic heterocycles.